The lowest BCUT2D eigenvalue weighted by Gasteiger charge is -2.16. The second kappa shape index (κ2) is 11.3. The van der Waals surface area contributed by atoms with Gasteiger partial charge < -0.3 is 19.3 Å². The molecule has 0 aromatic carbocycles. The number of hydrogen-bond acceptors (Lipinski definition) is 4. The molecule has 0 bridgehead atoms. The van der Waals surface area contributed by atoms with Crippen LogP contribution in [0, 0.1) is 5.92 Å². The van der Waals surface area contributed by atoms with Gasteiger partial charge in [0.1, 0.15) is 6.10 Å². The average Bonchev–Trinajstić information content (AvgIpc) is 2.31. The molecule has 0 aromatic heterocycles. The summed E-state index contributed by atoms with van der Waals surface area (Å²) in [4.78, 5) is 0. The molecule has 0 rings (SSSR count). The molecule has 98 valence electrons. The first-order valence-electron chi connectivity index (χ1n) is 6.03. The van der Waals surface area contributed by atoms with Gasteiger partial charge in [-0.25, -0.2) is 0 Å². The van der Waals surface area contributed by atoms with Crippen molar-refractivity contribution in [1.82, 2.24) is 0 Å². The third-order valence-electron chi connectivity index (χ3n) is 2.63. The molecule has 0 saturated carbocycles. The van der Waals surface area contributed by atoms with Crippen molar-refractivity contribution in [1.29, 1.82) is 0 Å². The minimum Gasteiger partial charge on any atom is -0.394 e. The van der Waals surface area contributed by atoms with Gasteiger partial charge in [0.05, 0.1) is 26.4 Å². The average molecular weight is 234 g/mol. The van der Waals surface area contributed by atoms with Crippen LogP contribution >= 0.6 is 0 Å². The summed E-state index contributed by atoms with van der Waals surface area (Å²) in [6.07, 6.45) is 2.24. The first-order chi connectivity index (χ1) is 7.74. The Morgan fingerprint density at radius 3 is 2.25 bits per heavy atom. The molecule has 0 saturated heterocycles. The zero-order valence-corrected chi connectivity index (χ0v) is 10.8. The summed E-state index contributed by atoms with van der Waals surface area (Å²) in [7, 11) is 1.64. The van der Waals surface area contributed by atoms with Gasteiger partial charge in [0, 0.05) is 13.7 Å². The van der Waals surface area contributed by atoms with E-state index in [0.29, 0.717) is 25.7 Å². The number of aliphatic hydroxyl groups is 1. The van der Waals surface area contributed by atoms with E-state index in [0.717, 1.165) is 13.0 Å². The normalized spacial score (nSPS) is 15.0. The Hall–Kier alpha value is -0.160. The summed E-state index contributed by atoms with van der Waals surface area (Å²) in [6.45, 7) is 6.61. The lowest BCUT2D eigenvalue weighted by molar-refractivity contribution is -0.0469. The molecule has 4 heteroatoms. The maximum absolute atomic E-state index is 8.56. The highest BCUT2D eigenvalue weighted by Crippen LogP contribution is 2.06. The molecule has 0 spiro atoms. The fourth-order valence-corrected chi connectivity index (χ4v) is 1.17. The van der Waals surface area contributed by atoms with Crippen LogP contribution < -0.4 is 0 Å². The van der Waals surface area contributed by atoms with Crippen molar-refractivity contribution in [3.05, 3.63) is 0 Å². The van der Waals surface area contributed by atoms with E-state index in [1.807, 2.05) is 0 Å². The van der Waals surface area contributed by atoms with Crippen molar-refractivity contribution >= 4 is 0 Å². The molecule has 0 fully saturated rings. The second-order valence-electron chi connectivity index (χ2n) is 4.03. The zero-order valence-electron chi connectivity index (χ0n) is 10.8. The van der Waals surface area contributed by atoms with E-state index < -0.39 is 0 Å². The third-order valence-corrected chi connectivity index (χ3v) is 2.63. The van der Waals surface area contributed by atoms with Gasteiger partial charge in [-0.2, -0.15) is 0 Å². The molecule has 4 nitrogen and oxygen atoms in total. The van der Waals surface area contributed by atoms with E-state index in [4.69, 9.17) is 19.3 Å². The lowest BCUT2D eigenvalue weighted by atomic mass is 10.1. The number of rotatable bonds is 11. The van der Waals surface area contributed by atoms with Crippen LogP contribution in [0.15, 0.2) is 0 Å². The molecule has 0 aromatic rings. The highest BCUT2D eigenvalue weighted by Gasteiger charge is 2.08. The molecule has 0 aliphatic carbocycles. The minimum atomic E-state index is -0.0384. The van der Waals surface area contributed by atoms with Gasteiger partial charge in [-0.1, -0.05) is 20.3 Å². The van der Waals surface area contributed by atoms with Gasteiger partial charge in [-0.05, 0) is 12.3 Å². The van der Waals surface area contributed by atoms with Crippen molar-refractivity contribution in [3.8, 4) is 0 Å². The van der Waals surface area contributed by atoms with Crippen LogP contribution in [0.5, 0.6) is 0 Å². The molecule has 2 atom stereocenters. The van der Waals surface area contributed by atoms with E-state index in [1.165, 1.54) is 6.42 Å². The standard InChI is InChI=1S/C12H26O4/c1-4-11(2)5-7-15-9-12(14-3)10-16-8-6-13/h11-13H,4-10H2,1-3H3. The molecular formula is C12H26O4. The largest absolute Gasteiger partial charge is 0.394 e. The number of hydrogen-bond donors (Lipinski definition) is 1. The maximum Gasteiger partial charge on any atom is 0.104 e. The summed E-state index contributed by atoms with van der Waals surface area (Å²) in [6, 6.07) is 0. The van der Waals surface area contributed by atoms with Crippen molar-refractivity contribution < 1.29 is 19.3 Å². The first-order valence-corrected chi connectivity index (χ1v) is 6.03. The van der Waals surface area contributed by atoms with Crippen LogP contribution in [-0.4, -0.2) is 51.4 Å². The SMILES string of the molecule is CCC(C)CCOCC(COCCO)OC. The highest BCUT2D eigenvalue weighted by atomic mass is 16.6. The van der Waals surface area contributed by atoms with Gasteiger partial charge >= 0.3 is 0 Å². The zero-order chi connectivity index (χ0) is 12.2. The van der Waals surface area contributed by atoms with Gasteiger partial charge in [0.15, 0.2) is 0 Å². The van der Waals surface area contributed by atoms with Crippen molar-refractivity contribution in [2.24, 2.45) is 5.92 Å². The first kappa shape index (κ1) is 15.8. The molecular weight excluding hydrogens is 208 g/mol. The van der Waals surface area contributed by atoms with Crippen LogP contribution in [0.1, 0.15) is 26.7 Å². The summed E-state index contributed by atoms with van der Waals surface area (Å²) < 4.78 is 15.9. The molecule has 0 aliphatic rings. The molecule has 0 radical (unpaired) electrons. The van der Waals surface area contributed by atoms with E-state index in [1.54, 1.807) is 7.11 Å². The summed E-state index contributed by atoms with van der Waals surface area (Å²) in [5.74, 6) is 0.714. The lowest BCUT2D eigenvalue weighted by Crippen LogP contribution is -2.25. The topological polar surface area (TPSA) is 47.9 Å². The molecule has 16 heavy (non-hydrogen) atoms. The monoisotopic (exact) mass is 234 g/mol. The maximum atomic E-state index is 8.56. The summed E-state index contributed by atoms with van der Waals surface area (Å²) in [5.41, 5.74) is 0. The Bertz CT molecular complexity index is 141. The fraction of sp³-hybridized carbons (Fsp3) is 1.00. The molecule has 0 aliphatic heterocycles. The predicted octanol–water partition coefficient (Wildman–Crippen LogP) is 1.46. The molecule has 0 heterocycles. The number of aliphatic hydroxyl groups excluding tert-OH is 1. The quantitative estimate of drug-likeness (QED) is 0.550. The Kier molecular flexibility index (Phi) is 11.2. The Labute approximate surface area is 98.9 Å². The number of methoxy groups -OCH3 is 1. The fourth-order valence-electron chi connectivity index (χ4n) is 1.17. The van der Waals surface area contributed by atoms with Crippen molar-refractivity contribution in [3.63, 3.8) is 0 Å². The smallest absolute Gasteiger partial charge is 0.104 e. The van der Waals surface area contributed by atoms with Crippen LogP contribution in [0.4, 0.5) is 0 Å². The highest BCUT2D eigenvalue weighted by molar-refractivity contribution is 4.55. The Balaban J connectivity index is 3.40. The summed E-state index contributed by atoms with van der Waals surface area (Å²) >= 11 is 0. The van der Waals surface area contributed by atoms with Gasteiger partial charge in [-0.15, -0.1) is 0 Å². The minimum absolute atomic E-state index is 0.0384. The third kappa shape index (κ3) is 9.09. The number of ether oxygens (including phenoxy) is 3. The Morgan fingerprint density at radius 1 is 1.12 bits per heavy atom. The van der Waals surface area contributed by atoms with Crippen molar-refractivity contribution in [2.45, 2.75) is 32.8 Å². The van der Waals surface area contributed by atoms with E-state index >= 15 is 0 Å². The molecule has 0 amide bonds. The Morgan fingerprint density at radius 2 is 1.75 bits per heavy atom. The molecule has 1 N–H and O–H groups in total. The van der Waals surface area contributed by atoms with Crippen LogP contribution in [-0.2, 0) is 14.2 Å². The van der Waals surface area contributed by atoms with Crippen LogP contribution in [0.25, 0.3) is 0 Å². The molecule has 2 unspecified atom stereocenters. The van der Waals surface area contributed by atoms with Gasteiger partial charge in [0.25, 0.3) is 0 Å². The van der Waals surface area contributed by atoms with E-state index in [2.05, 4.69) is 13.8 Å². The van der Waals surface area contributed by atoms with Crippen LogP contribution in [0.3, 0.4) is 0 Å². The van der Waals surface area contributed by atoms with Crippen LogP contribution in [0.2, 0.25) is 0 Å². The summed E-state index contributed by atoms with van der Waals surface area (Å²) in [5, 5.41) is 8.56. The van der Waals surface area contributed by atoms with E-state index in [9.17, 15) is 0 Å². The van der Waals surface area contributed by atoms with Gasteiger partial charge in [0.2, 0.25) is 0 Å². The second-order valence-corrected chi connectivity index (χ2v) is 4.03. The van der Waals surface area contributed by atoms with Crippen molar-refractivity contribution in [2.75, 3.05) is 40.1 Å². The predicted molar refractivity (Wildman–Crippen MR) is 63.6 cm³/mol. The van der Waals surface area contributed by atoms with Gasteiger partial charge in [-0.3, -0.25) is 0 Å². The van der Waals surface area contributed by atoms with E-state index in [-0.39, 0.29) is 12.7 Å².